The summed E-state index contributed by atoms with van der Waals surface area (Å²) in [4.78, 5) is 0. The summed E-state index contributed by atoms with van der Waals surface area (Å²) >= 11 is -0.712. The molecule has 0 aromatic rings. The van der Waals surface area contributed by atoms with Gasteiger partial charge in [0.1, 0.15) is 0 Å². The van der Waals surface area contributed by atoms with Gasteiger partial charge in [0.05, 0.1) is 0 Å². The van der Waals surface area contributed by atoms with Gasteiger partial charge in [-0.15, -0.1) is 24.8 Å². The Morgan fingerprint density at radius 1 is 0.600 bits per heavy atom. The van der Waals surface area contributed by atoms with Gasteiger partial charge in [0.2, 0.25) is 0 Å². The number of unbranched alkanes of at least 4 members (excludes halogenated alkanes) is 3. The first-order valence-corrected chi connectivity index (χ1v) is 11.5. The van der Waals surface area contributed by atoms with Gasteiger partial charge in [0.15, 0.2) is 0 Å². The number of hydrogen-bond donors (Lipinski definition) is 0. The molecule has 0 N–H and O–H groups in total. The zero-order valence-electron chi connectivity index (χ0n) is 10.6. The molecule has 0 heterocycles. The maximum Gasteiger partial charge on any atom is -0.147 e. The fourth-order valence-corrected chi connectivity index (χ4v) is 9.93. The Labute approximate surface area is 117 Å². The van der Waals surface area contributed by atoms with Crippen LogP contribution in [0, 0.1) is 0 Å². The van der Waals surface area contributed by atoms with E-state index in [9.17, 15) is 0 Å². The molecule has 0 bridgehead atoms. The van der Waals surface area contributed by atoms with E-state index in [0.29, 0.717) is 0 Å². The van der Waals surface area contributed by atoms with Gasteiger partial charge in [-0.2, -0.15) is 0 Å². The van der Waals surface area contributed by atoms with Crippen molar-refractivity contribution >= 4 is 45.0 Å². The van der Waals surface area contributed by atoms with Crippen LogP contribution in [0.25, 0.3) is 0 Å². The summed E-state index contributed by atoms with van der Waals surface area (Å²) in [5.41, 5.74) is 0. The first-order chi connectivity index (χ1) is 6.35. The molecule has 0 unspecified atom stereocenters. The maximum atomic E-state index is 2.33. The molecule has 0 spiro atoms. The average Bonchev–Trinajstić information content (AvgIpc) is 2.17. The number of halogens is 2. The molecule has 0 saturated heterocycles. The van der Waals surface area contributed by atoms with Crippen molar-refractivity contribution in [3.05, 3.63) is 0 Å². The first kappa shape index (κ1) is 21.7. The van der Waals surface area contributed by atoms with E-state index in [0.717, 1.165) is 0 Å². The molecular weight excluding hydrogens is 337 g/mol. The van der Waals surface area contributed by atoms with Crippen molar-refractivity contribution in [2.45, 2.75) is 72.4 Å². The molecule has 3 heteroatoms. The number of hydrogen-bond acceptors (Lipinski definition) is 0. The van der Waals surface area contributed by atoms with E-state index in [-0.39, 0.29) is 24.8 Å². The molecule has 0 aliphatic carbocycles. The SMILES string of the molecule is CCC[CH2][Sb]([CH2]CCC)[CH2]CCC.Cl.Cl. The summed E-state index contributed by atoms with van der Waals surface area (Å²) in [5, 5.41) is 0. The molecule has 96 valence electrons. The quantitative estimate of drug-likeness (QED) is 0.458. The molecule has 0 saturated carbocycles. The van der Waals surface area contributed by atoms with E-state index < -0.39 is 20.2 Å². The minimum absolute atomic E-state index is 0. The van der Waals surface area contributed by atoms with Crippen molar-refractivity contribution < 1.29 is 0 Å². The summed E-state index contributed by atoms with van der Waals surface area (Å²) in [5.74, 6) is 0. The Hall–Kier alpha value is 1.40. The standard InChI is InChI=1S/3C4H9.2ClH.Sb/c3*1-3-4-2;;;/h3*1,3-4H2,2H3;2*1H;. The van der Waals surface area contributed by atoms with Gasteiger partial charge in [0, 0.05) is 0 Å². The minimum atomic E-state index is -0.712. The van der Waals surface area contributed by atoms with Crippen LogP contribution in [0.1, 0.15) is 59.3 Å². The van der Waals surface area contributed by atoms with Crippen LogP contribution < -0.4 is 0 Å². The Morgan fingerprint density at radius 3 is 1.07 bits per heavy atom. The van der Waals surface area contributed by atoms with Crippen molar-refractivity contribution in [3.8, 4) is 0 Å². The topological polar surface area (TPSA) is 0 Å². The first-order valence-electron chi connectivity index (χ1n) is 6.07. The van der Waals surface area contributed by atoms with Gasteiger partial charge < -0.3 is 0 Å². The van der Waals surface area contributed by atoms with Gasteiger partial charge >= 0.3 is 92.6 Å². The third-order valence-corrected chi connectivity index (χ3v) is 10.6. The molecule has 0 atom stereocenters. The van der Waals surface area contributed by atoms with Crippen LogP contribution in [0.5, 0.6) is 0 Å². The van der Waals surface area contributed by atoms with Gasteiger partial charge in [0.25, 0.3) is 0 Å². The van der Waals surface area contributed by atoms with Crippen molar-refractivity contribution in [2.75, 3.05) is 0 Å². The maximum absolute atomic E-state index is 2.33. The van der Waals surface area contributed by atoms with E-state index in [4.69, 9.17) is 0 Å². The van der Waals surface area contributed by atoms with Gasteiger partial charge in [-0.25, -0.2) is 0 Å². The second-order valence-corrected chi connectivity index (χ2v) is 11.6. The smallest absolute Gasteiger partial charge is 0.147 e. The normalized spacial score (nSPS) is 9.60. The third-order valence-electron chi connectivity index (χ3n) is 2.48. The van der Waals surface area contributed by atoms with Crippen LogP contribution in [-0.2, 0) is 0 Å². The minimum Gasteiger partial charge on any atom is -0.147 e. The predicted molar refractivity (Wildman–Crippen MR) is 79.4 cm³/mol. The molecule has 0 fully saturated rings. The molecule has 15 heavy (non-hydrogen) atoms. The molecular formula is C12H29Cl2Sb. The Morgan fingerprint density at radius 2 is 0.867 bits per heavy atom. The Balaban J connectivity index is -0.000000720. The van der Waals surface area contributed by atoms with E-state index in [2.05, 4.69) is 20.8 Å². The molecule has 0 aromatic heterocycles. The fraction of sp³-hybridized carbons (Fsp3) is 1.00. The van der Waals surface area contributed by atoms with Crippen LogP contribution in [0.3, 0.4) is 0 Å². The zero-order valence-corrected chi connectivity index (χ0v) is 14.8. The van der Waals surface area contributed by atoms with E-state index >= 15 is 0 Å². The molecule has 0 aliphatic rings. The second-order valence-electron chi connectivity index (χ2n) is 3.90. The fourth-order valence-electron chi connectivity index (χ4n) is 1.48. The van der Waals surface area contributed by atoms with Crippen LogP contribution in [0.2, 0.25) is 13.1 Å². The van der Waals surface area contributed by atoms with Crippen molar-refractivity contribution in [1.29, 1.82) is 0 Å². The monoisotopic (exact) mass is 364 g/mol. The molecule has 0 rings (SSSR count). The van der Waals surface area contributed by atoms with Crippen molar-refractivity contribution in [1.82, 2.24) is 0 Å². The summed E-state index contributed by atoms with van der Waals surface area (Å²) < 4.78 is 5.00. The predicted octanol–water partition coefficient (Wildman–Crippen LogP) is 5.73. The van der Waals surface area contributed by atoms with E-state index in [1.54, 1.807) is 13.1 Å². The molecule has 0 radical (unpaired) electrons. The van der Waals surface area contributed by atoms with Crippen LogP contribution in [0.4, 0.5) is 0 Å². The van der Waals surface area contributed by atoms with Gasteiger partial charge in [-0.1, -0.05) is 0 Å². The number of rotatable bonds is 9. The molecule has 0 amide bonds. The largest absolute Gasteiger partial charge is 0.147 e. The van der Waals surface area contributed by atoms with Gasteiger partial charge in [-0.05, 0) is 0 Å². The summed E-state index contributed by atoms with van der Waals surface area (Å²) in [6, 6.07) is 0. The van der Waals surface area contributed by atoms with Crippen LogP contribution in [-0.4, -0.2) is 20.2 Å². The summed E-state index contributed by atoms with van der Waals surface area (Å²) in [6.07, 6.45) is 8.82. The van der Waals surface area contributed by atoms with E-state index in [1.807, 2.05) is 0 Å². The molecule has 0 nitrogen and oxygen atoms in total. The molecule has 0 aliphatic heterocycles. The Kier molecular flexibility index (Phi) is 25.7. The summed E-state index contributed by atoms with van der Waals surface area (Å²) in [7, 11) is 0. The average molecular weight is 366 g/mol. The van der Waals surface area contributed by atoms with Crippen LogP contribution >= 0.6 is 24.8 Å². The van der Waals surface area contributed by atoms with Crippen molar-refractivity contribution in [2.24, 2.45) is 0 Å². The Bertz CT molecular complexity index is 80.6. The zero-order chi connectivity index (χ0) is 9.94. The summed E-state index contributed by atoms with van der Waals surface area (Å²) in [6.45, 7) is 6.99. The third kappa shape index (κ3) is 15.4. The molecule has 0 aromatic carbocycles. The van der Waals surface area contributed by atoms with Crippen molar-refractivity contribution in [3.63, 3.8) is 0 Å². The van der Waals surface area contributed by atoms with Crippen LogP contribution in [0.15, 0.2) is 0 Å². The van der Waals surface area contributed by atoms with Gasteiger partial charge in [-0.3, -0.25) is 0 Å². The second kappa shape index (κ2) is 17.8. The van der Waals surface area contributed by atoms with E-state index in [1.165, 1.54) is 38.5 Å².